The number of rotatable bonds is 5. The SMILES string of the molecule is COc1ccc(-c2nc3ccc(N)cn3c2CN2CCN(C(C)=O)CC2)cc1OC. The number of piperazine rings is 1. The van der Waals surface area contributed by atoms with E-state index in [9.17, 15) is 4.79 Å². The number of carbonyl (C=O) groups is 1. The third-order valence-electron chi connectivity index (χ3n) is 5.59. The van der Waals surface area contributed by atoms with Crippen molar-refractivity contribution in [2.24, 2.45) is 0 Å². The van der Waals surface area contributed by atoms with Gasteiger partial charge in [0.05, 0.1) is 25.6 Å². The van der Waals surface area contributed by atoms with Crippen molar-refractivity contribution in [1.82, 2.24) is 19.2 Å². The lowest BCUT2D eigenvalue weighted by atomic mass is 10.1. The first-order chi connectivity index (χ1) is 14.5. The molecule has 1 amide bonds. The number of fused-ring (bicyclic) bond motifs is 1. The van der Waals surface area contributed by atoms with Gasteiger partial charge in [-0.25, -0.2) is 4.98 Å². The minimum Gasteiger partial charge on any atom is -0.493 e. The summed E-state index contributed by atoms with van der Waals surface area (Å²) in [7, 11) is 3.25. The molecular formula is C22H27N5O3. The quantitative estimate of drug-likeness (QED) is 0.696. The van der Waals surface area contributed by atoms with E-state index in [1.165, 1.54) is 0 Å². The number of pyridine rings is 1. The van der Waals surface area contributed by atoms with Gasteiger partial charge in [-0.15, -0.1) is 0 Å². The molecule has 1 aromatic carbocycles. The van der Waals surface area contributed by atoms with Crippen molar-refractivity contribution in [3.8, 4) is 22.8 Å². The van der Waals surface area contributed by atoms with Crippen LogP contribution in [-0.2, 0) is 11.3 Å². The summed E-state index contributed by atoms with van der Waals surface area (Å²) >= 11 is 0. The summed E-state index contributed by atoms with van der Waals surface area (Å²) in [5.41, 5.74) is 10.5. The van der Waals surface area contributed by atoms with Gasteiger partial charge >= 0.3 is 0 Å². The van der Waals surface area contributed by atoms with E-state index in [4.69, 9.17) is 20.2 Å². The highest BCUT2D eigenvalue weighted by molar-refractivity contribution is 5.73. The fraction of sp³-hybridized carbons (Fsp3) is 0.364. The van der Waals surface area contributed by atoms with Crippen molar-refractivity contribution in [3.63, 3.8) is 0 Å². The third-order valence-corrected chi connectivity index (χ3v) is 5.59. The molecule has 0 unspecified atom stereocenters. The number of ether oxygens (including phenoxy) is 2. The molecule has 30 heavy (non-hydrogen) atoms. The summed E-state index contributed by atoms with van der Waals surface area (Å²) < 4.78 is 12.9. The molecule has 0 spiro atoms. The minimum atomic E-state index is 0.128. The molecule has 1 aliphatic heterocycles. The van der Waals surface area contributed by atoms with E-state index < -0.39 is 0 Å². The standard InChI is InChI=1S/C22H27N5O3/c1-15(28)26-10-8-25(9-11-26)14-18-22(24-21-7-5-17(23)13-27(18)21)16-4-6-19(29-2)20(12-16)30-3/h4-7,12-13H,8-11,14,23H2,1-3H3. The van der Waals surface area contributed by atoms with Gasteiger partial charge in [-0.3, -0.25) is 9.69 Å². The smallest absolute Gasteiger partial charge is 0.219 e. The molecule has 0 bridgehead atoms. The van der Waals surface area contributed by atoms with Crippen LogP contribution in [0.3, 0.4) is 0 Å². The van der Waals surface area contributed by atoms with Crippen LogP contribution in [0.2, 0.25) is 0 Å². The molecule has 0 aliphatic carbocycles. The van der Waals surface area contributed by atoms with Crippen LogP contribution >= 0.6 is 0 Å². The first-order valence-corrected chi connectivity index (χ1v) is 9.97. The summed E-state index contributed by atoms with van der Waals surface area (Å²) in [5, 5.41) is 0. The number of nitrogens with zero attached hydrogens (tertiary/aromatic N) is 4. The molecule has 1 fully saturated rings. The van der Waals surface area contributed by atoms with Crippen LogP contribution in [-0.4, -0.2) is 65.5 Å². The Kier molecular flexibility index (Phi) is 5.50. The van der Waals surface area contributed by atoms with E-state index >= 15 is 0 Å². The maximum absolute atomic E-state index is 11.6. The van der Waals surface area contributed by atoms with Gasteiger partial charge in [0, 0.05) is 57.1 Å². The number of methoxy groups -OCH3 is 2. The first-order valence-electron chi connectivity index (χ1n) is 9.97. The summed E-state index contributed by atoms with van der Waals surface area (Å²) in [6, 6.07) is 9.61. The van der Waals surface area contributed by atoms with Crippen molar-refractivity contribution >= 4 is 17.2 Å². The molecule has 3 heterocycles. The molecule has 0 atom stereocenters. The van der Waals surface area contributed by atoms with Gasteiger partial charge in [0.25, 0.3) is 0 Å². The Labute approximate surface area is 175 Å². The van der Waals surface area contributed by atoms with Gasteiger partial charge in [-0.1, -0.05) is 0 Å². The minimum absolute atomic E-state index is 0.128. The van der Waals surface area contributed by atoms with Crippen LogP contribution in [0.25, 0.3) is 16.9 Å². The number of amides is 1. The van der Waals surface area contributed by atoms with E-state index in [-0.39, 0.29) is 5.91 Å². The molecule has 3 aromatic rings. The topological polar surface area (TPSA) is 85.3 Å². The van der Waals surface area contributed by atoms with Gasteiger partial charge in [0.2, 0.25) is 5.91 Å². The molecule has 1 aliphatic rings. The lowest BCUT2D eigenvalue weighted by Crippen LogP contribution is -2.47. The Hall–Kier alpha value is -3.26. The molecule has 8 nitrogen and oxygen atoms in total. The average molecular weight is 409 g/mol. The first kappa shape index (κ1) is 20.0. The monoisotopic (exact) mass is 409 g/mol. The number of carbonyl (C=O) groups excluding carboxylic acids is 1. The van der Waals surface area contributed by atoms with Crippen molar-refractivity contribution in [2.45, 2.75) is 13.5 Å². The Bertz CT molecular complexity index is 1070. The fourth-order valence-corrected chi connectivity index (χ4v) is 3.91. The van der Waals surface area contributed by atoms with E-state index in [1.54, 1.807) is 21.1 Å². The number of imidazole rings is 1. The largest absolute Gasteiger partial charge is 0.493 e. The lowest BCUT2D eigenvalue weighted by Gasteiger charge is -2.34. The average Bonchev–Trinajstić information content (AvgIpc) is 3.11. The molecule has 158 valence electrons. The highest BCUT2D eigenvalue weighted by Crippen LogP contribution is 2.34. The summed E-state index contributed by atoms with van der Waals surface area (Å²) in [6.07, 6.45) is 1.91. The van der Waals surface area contributed by atoms with E-state index in [0.717, 1.165) is 48.8 Å². The molecule has 2 N–H and O–H groups in total. The molecule has 0 saturated carbocycles. The number of nitrogen functional groups attached to an aromatic ring is 1. The van der Waals surface area contributed by atoms with Gasteiger partial charge in [-0.05, 0) is 30.3 Å². The summed E-state index contributed by atoms with van der Waals surface area (Å²) in [6.45, 7) is 5.44. The number of hydrogen-bond donors (Lipinski definition) is 1. The van der Waals surface area contributed by atoms with Gasteiger partial charge < -0.3 is 24.5 Å². The zero-order valence-electron chi connectivity index (χ0n) is 17.6. The second kappa shape index (κ2) is 8.23. The zero-order chi connectivity index (χ0) is 21.3. The Morgan fingerprint density at radius 1 is 1.07 bits per heavy atom. The van der Waals surface area contributed by atoms with Crippen LogP contribution in [0.4, 0.5) is 5.69 Å². The second-order valence-corrected chi connectivity index (χ2v) is 7.45. The second-order valence-electron chi connectivity index (χ2n) is 7.45. The molecule has 8 heteroatoms. The molecule has 1 saturated heterocycles. The lowest BCUT2D eigenvalue weighted by molar-refractivity contribution is -0.130. The molecule has 0 radical (unpaired) electrons. The predicted octanol–water partition coefficient (Wildman–Crippen LogP) is 2.26. The predicted molar refractivity (Wildman–Crippen MR) is 116 cm³/mol. The molecule has 2 aromatic heterocycles. The Morgan fingerprint density at radius 2 is 1.80 bits per heavy atom. The van der Waals surface area contributed by atoms with Crippen LogP contribution in [0.5, 0.6) is 11.5 Å². The number of aromatic nitrogens is 2. The highest BCUT2D eigenvalue weighted by Gasteiger charge is 2.23. The molecular weight excluding hydrogens is 382 g/mol. The maximum atomic E-state index is 11.6. The highest BCUT2D eigenvalue weighted by atomic mass is 16.5. The fourth-order valence-electron chi connectivity index (χ4n) is 3.91. The van der Waals surface area contributed by atoms with Crippen LogP contribution in [0, 0.1) is 0 Å². The van der Waals surface area contributed by atoms with Crippen molar-refractivity contribution in [1.29, 1.82) is 0 Å². The van der Waals surface area contributed by atoms with Gasteiger partial charge in [0.15, 0.2) is 11.5 Å². The van der Waals surface area contributed by atoms with Crippen molar-refractivity contribution in [3.05, 3.63) is 42.2 Å². The van der Waals surface area contributed by atoms with Crippen LogP contribution in [0.15, 0.2) is 36.5 Å². The third kappa shape index (κ3) is 3.78. The Morgan fingerprint density at radius 3 is 2.47 bits per heavy atom. The number of nitrogens with two attached hydrogens (primary N) is 1. The van der Waals surface area contributed by atoms with Crippen LogP contribution in [0.1, 0.15) is 12.6 Å². The van der Waals surface area contributed by atoms with E-state index in [0.29, 0.717) is 23.7 Å². The van der Waals surface area contributed by atoms with Gasteiger partial charge in [-0.2, -0.15) is 0 Å². The van der Waals surface area contributed by atoms with Crippen LogP contribution < -0.4 is 15.2 Å². The normalized spacial score (nSPS) is 14.8. The van der Waals surface area contributed by atoms with Gasteiger partial charge in [0.1, 0.15) is 5.65 Å². The number of benzene rings is 1. The Balaban J connectivity index is 1.73. The number of hydrogen-bond acceptors (Lipinski definition) is 6. The molecule has 4 rings (SSSR count). The number of anilines is 1. The summed E-state index contributed by atoms with van der Waals surface area (Å²) in [5.74, 6) is 1.46. The summed E-state index contributed by atoms with van der Waals surface area (Å²) in [4.78, 5) is 20.8. The maximum Gasteiger partial charge on any atom is 0.219 e. The van der Waals surface area contributed by atoms with E-state index in [2.05, 4.69) is 9.30 Å². The van der Waals surface area contributed by atoms with Crippen molar-refractivity contribution in [2.75, 3.05) is 46.1 Å². The van der Waals surface area contributed by atoms with Crippen molar-refractivity contribution < 1.29 is 14.3 Å². The van der Waals surface area contributed by atoms with E-state index in [1.807, 2.05) is 41.4 Å². The zero-order valence-corrected chi connectivity index (χ0v) is 17.6.